The molecule has 0 fully saturated rings. The maximum Gasteiger partial charge on any atom is 0.179 e. The zero-order chi connectivity index (χ0) is 14.5. The van der Waals surface area contributed by atoms with E-state index in [0.29, 0.717) is 16.5 Å². The van der Waals surface area contributed by atoms with Gasteiger partial charge in [-0.1, -0.05) is 11.6 Å². The van der Waals surface area contributed by atoms with Gasteiger partial charge in [0, 0.05) is 12.4 Å². The van der Waals surface area contributed by atoms with Crippen LogP contribution in [0, 0.1) is 0 Å². The molecule has 2 rings (SSSR count). The third-order valence-corrected chi connectivity index (χ3v) is 3.24. The van der Waals surface area contributed by atoms with Gasteiger partial charge in [0.2, 0.25) is 0 Å². The molecule has 0 saturated heterocycles. The molecule has 20 heavy (non-hydrogen) atoms. The fourth-order valence-corrected chi connectivity index (χ4v) is 2.11. The van der Waals surface area contributed by atoms with Crippen molar-refractivity contribution < 1.29 is 9.47 Å². The van der Waals surface area contributed by atoms with Crippen LogP contribution >= 0.6 is 11.6 Å². The van der Waals surface area contributed by atoms with Gasteiger partial charge in [-0.2, -0.15) is 0 Å². The van der Waals surface area contributed by atoms with Gasteiger partial charge in [-0.25, -0.2) is 0 Å². The number of hydrogen-bond donors (Lipinski definition) is 0. The maximum absolute atomic E-state index is 6.34. The Labute approximate surface area is 123 Å². The van der Waals surface area contributed by atoms with Crippen molar-refractivity contribution in [2.75, 3.05) is 14.2 Å². The van der Waals surface area contributed by atoms with Crippen LogP contribution in [-0.2, 0) is 0 Å². The van der Waals surface area contributed by atoms with Crippen molar-refractivity contribution >= 4 is 23.3 Å². The Morgan fingerprint density at radius 3 is 2.60 bits per heavy atom. The lowest BCUT2D eigenvalue weighted by atomic mass is 10.1. The van der Waals surface area contributed by atoms with Gasteiger partial charge >= 0.3 is 0 Å². The van der Waals surface area contributed by atoms with Crippen molar-refractivity contribution in [2.24, 2.45) is 0 Å². The average Bonchev–Trinajstić information content (AvgIpc) is 2.49. The van der Waals surface area contributed by atoms with Gasteiger partial charge in [-0.3, -0.25) is 9.97 Å². The van der Waals surface area contributed by atoms with E-state index in [1.54, 1.807) is 32.8 Å². The molecule has 104 valence electrons. The molecule has 0 amide bonds. The number of halogens is 1. The summed E-state index contributed by atoms with van der Waals surface area (Å²) in [6.07, 6.45) is 6.94. The second-order valence-corrected chi connectivity index (χ2v) is 4.50. The van der Waals surface area contributed by atoms with Crippen molar-refractivity contribution in [1.29, 1.82) is 0 Å². The number of benzene rings is 1. The molecule has 0 spiro atoms. The molecule has 0 aliphatic rings. The minimum absolute atomic E-state index is 0.509. The lowest BCUT2D eigenvalue weighted by Crippen LogP contribution is -1.93. The molecule has 2 aromatic rings. The Kier molecular flexibility index (Phi) is 4.58. The summed E-state index contributed by atoms with van der Waals surface area (Å²) in [5.74, 6) is 1.13. The number of rotatable bonds is 4. The number of nitrogens with zero attached hydrogens (tertiary/aromatic N) is 2. The van der Waals surface area contributed by atoms with E-state index in [1.165, 1.54) is 0 Å². The third-order valence-electron chi connectivity index (χ3n) is 2.85. The zero-order valence-electron chi connectivity index (χ0n) is 11.6. The molecule has 0 aliphatic heterocycles. The lowest BCUT2D eigenvalue weighted by molar-refractivity contribution is 0.355. The van der Waals surface area contributed by atoms with Crippen LogP contribution in [0.4, 0.5) is 0 Å². The SMILES string of the molecule is COc1ccc(/C=C(/C)c2cnccn2)c(Cl)c1OC. The highest BCUT2D eigenvalue weighted by atomic mass is 35.5. The Morgan fingerprint density at radius 1 is 1.20 bits per heavy atom. The highest BCUT2D eigenvalue weighted by molar-refractivity contribution is 6.34. The van der Waals surface area contributed by atoms with Gasteiger partial charge in [-0.15, -0.1) is 0 Å². The first kappa shape index (κ1) is 14.3. The van der Waals surface area contributed by atoms with Crippen LogP contribution in [0.15, 0.2) is 30.7 Å². The van der Waals surface area contributed by atoms with E-state index in [2.05, 4.69) is 9.97 Å². The summed E-state index contributed by atoms with van der Waals surface area (Å²) in [5, 5.41) is 0.509. The number of aromatic nitrogens is 2. The summed E-state index contributed by atoms with van der Waals surface area (Å²) < 4.78 is 10.5. The molecule has 1 heterocycles. The molecule has 0 bridgehead atoms. The highest BCUT2D eigenvalue weighted by Gasteiger charge is 2.12. The average molecular weight is 291 g/mol. The Balaban J connectivity index is 2.44. The number of ether oxygens (including phenoxy) is 2. The fourth-order valence-electron chi connectivity index (χ4n) is 1.83. The van der Waals surface area contributed by atoms with Crippen molar-refractivity contribution in [3.05, 3.63) is 47.0 Å². The summed E-state index contributed by atoms with van der Waals surface area (Å²) >= 11 is 6.34. The first-order chi connectivity index (χ1) is 9.67. The summed E-state index contributed by atoms with van der Waals surface area (Å²) in [5.41, 5.74) is 2.61. The Morgan fingerprint density at radius 2 is 2.00 bits per heavy atom. The normalized spacial score (nSPS) is 11.3. The van der Waals surface area contributed by atoms with Gasteiger partial charge in [0.05, 0.1) is 31.1 Å². The van der Waals surface area contributed by atoms with Crippen LogP contribution in [-0.4, -0.2) is 24.2 Å². The predicted octanol–water partition coefficient (Wildman–Crippen LogP) is 3.71. The molecular formula is C15H15ClN2O2. The standard InChI is InChI=1S/C15H15ClN2O2/c1-10(12-9-17-6-7-18-12)8-11-4-5-13(19-2)15(20-3)14(11)16/h4-9H,1-3H3/b10-8-. The first-order valence-electron chi connectivity index (χ1n) is 6.02. The molecule has 0 atom stereocenters. The molecule has 0 unspecified atom stereocenters. The van der Waals surface area contributed by atoms with E-state index >= 15 is 0 Å². The molecule has 0 aliphatic carbocycles. The summed E-state index contributed by atoms with van der Waals surface area (Å²) in [7, 11) is 3.14. The number of methoxy groups -OCH3 is 2. The van der Waals surface area contributed by atoms with Crippen molar-refractivity contribution in [2.45, 2.75) is 6.92 Å². The van der Waals surface area contributed by atoms with E-state index in [-0.39, 0.29) is 0 Å². The van der Waals surface area contributed by atoms with Crippen molar-refractivity contribution in [3.8, 4) is 11.5 Å². The molecule has 5 heteroatoms. The van der Waals surface area contributed by atoms with Gasteiger partial charge in [0.1, 0.15) is 0 Å². The second-order valence-electron chi connectivity index (χ2n) is 4.12. The molecule has 1 aromatic carbocycles. The van der Waals surface area contributed by atoms with Crippen LogP contribution in [0.5, 0.6) is 11.5 Å². The fraction of sp³-hybridized carbons (Fsp3) is 0.200. The van der Waals surface area contributed by atoms with E-state index in [1.807, 2.05) is 25.1 Å². The maximum atomic E-state index is 6.34. The first-order valence-corrected chi connectivity index (χ1v) is 6.40. The smallest absolute Gasteiger partial charge is 0.179 e. The Bertz CT molecular complexity index is 627. The molecule has 0 saturated carbocycles. The van der Waals surface area contributed by atoms with Gasteiger partial charge in [-0.05, 0) is 36.3 Å². The van der Waals surface area contributed by atoms with E-state index < -0.39 is 0 Å². The summed E-state index contributed by atoms with van der Waals surface area (Å²) in [6.45, 7) is 1.96. The van der Waals surface area contributed by atoms with Crippen LogP contribution < -0.4 is 9.47 Å². The number of allylic oxidation sites excluding steroid dienone is 1. The predicted molar refractivity (Wildman–Crippen MR) is 80.1 cm³/mol. The summed E-state index contributed by atoms with van der Waals surface area (Å²) in [6, 6.07) is 3.70. The van der Waals surface area contributed by atoms with Gasteiger partial charge in [0.25, 0.3) is 0 Å². The minimum atomic E-state index is 0.509. The van der Waals surface area contributed by atoms with Crippen LogP contribution in [0.25, 0.3) is 11.6 Å². The molecule has 0 N–H and O–H groups in total. The molecule has 1 aromatic heterocycles. The Hall–Kier alpha value is -2.07. The molecule has 4 nitrogen and oxygen atoms in total. The van der Waals surface area contributed by atoms with Gasteiger partial charge < -0.3 is 9.47 Å². The van der Waals surface area contributed by atoms with Crippen molar-refractivity contribution in [1.82, 2.24) is 9.97 Å². The van der Waals surface area contributed by atoms with E-state index in [4.69, 9.17) is 21.1 Å². The highest BCUT2D eigenvalue weighted by Crippen LogP contribution is 2.38. The monoisotopic (exact) mass is 290 g/mol. The summed E-state index contributed by atoms with van der Waals surface area (Å²) in [4.78, 5) is 8.30. The topological polar surface area (TPSA) is 44.2 Å². The quantitative estimate of drug-likeness (QED) is 0.861. The second kappa shape index (κ2) is 6.39. The molecule has 0 radical (unpaired) electrons. The largest absolute Gasteiger partial charge is 0.493 e. The van der Waals surface area contributed by atoms with Crippen LogP contribution in [0.1, 0.15) is 18.2 Å². The van der Waals surface area contributed by atoms with E-state index in [9.17, 15) is 0 Å². The lowest BCUT2D eigenvalue weighted by Gasteiger charge is -2.11. The van der Waals surface area contributed by atoms with Crippen molar-refractivity contribution in [3.63, 3.8) is 0 Å². The zero-order valence-corrected chi connectivity index (χ0v) is 12.3. The van der Waals surface area contributed by atoms with Gasteiger partial charge in [0.15, 0.2) is 11.5 Å². The van der Waals surface area contributed by atoms with E-state index in [0.717, 1.165) is 16.8 Å². The number of hydrogen-bond acceptors (Lipinski definition) is 4. The molecular weight excluding hydrogens is 276 g/mol. The minimum Gasteiger partial charge on any atom is -0.493 e. The van der Waals surface area contributed by atoms with Crippen LogP contribution in [0.2, 0.25) is 5.02 Å². The third kappa shape index (κ3) is 2.91. The van der Waals surface area contributed by atoms with Crippen LogP contribution in [0.3, 0.4) is 0 Å².